The van der Waals surface area contributed by atoms with Crippen molar-refractivity contribution in [2.75, 3.05) is 0 Å². The van der Waals surface area contributed by atoms with E-state index in [0.29, 0.717) is 0 Å². The van der Waals surface area contributed by atoms with Gasteiger partial charge in [-0.3, -0.25) is 4.40 Å². The van der Waals surface area contributed by atoms with E-state index >= 15 is 0 Å². The van der Waals surface area contributed by atoms with Gasteiger partial charge < -0.3 is 4.42 Å². The van der Waals surface area contributed by atoms with Crippen molar-refractivity contribution in [2.24, 2.45) is 0 Å². The molecule has 0 aliphatic carbocycles. The zero-order chi connectivity index (χ0) is 16.4. The smallest absolute Gasteiger partial charge is 0.194 e. The van der Waals surface area contributed by atoms with E-state index < -0.39 is 0 Å². The quantitative estimate of drug-likeness (QED) is 0.536. The molecule has 0 saturated heterocycles. The predicted molar refractivity (Wildman–Crippen MR) is 91.9 cm³/mol. The van der Waals surface area contributed by atoms with Gasteiger partial charge in [-0.15, -0.1) is 10.2 Å². The molecule has 0 aliphatic rings. The van der Waals surface area contributed by atoms with Crippen molar-refractivity contribution in [1.29, 1.82) is 0 Å². The van der Waals surface area contributed by atoms with E-state index in [1.54, 1.807) is 18.0 Å². The fourth-order valence-electron chi connectivity index (χ4n) is 2.35. The number of para-hydroxylation sites is 2. The zero-order valence-corrected chi connectivity index (χ0v) is 14.4. The van der Waals surface area contributed by atoms with E-state index in [9.17, 15) is 0 Å². The topological polar surface area (TPSA) is 56.2 Å². The second-order valence-corrected chi connectivity index (χ2v) is 5.79. The van der Waals surface area contributed by atoms with E-state index in [0.717, 1.165) is 38.2 Å². The van der Waals surface area contributed by atoms with Crippen LogP contribution in [-0.2, 0) is 0 Å². The van der Waals surface area contributed by atoms with E-state index in [2.05, 4.69) is 10.2 Å². The largest absolute Gasteiger partial charge is 0.468 e. The van der Waals surface area contributed by atoms with Crippen molar-refractivity contribution in [2.45, 2.75) is 37.6 Å². The number of hydrogen-bond acceptors (Lipinski definition) is 5. The molecule has 0 unspecified atom stereocenters. The number of furan rings is 1. The summed E-state index contributed by atoms with van der Waals surface area (Å²) in [4.78, 5) is 5.77. The number of rotatable bonds is 2. The summed E-state index contributed by atoms with van der Waals surface area (Å²) in [6, 6.07) is 9.95. The molecule has 0 atom stereocenters. The standard InChI is InChI=1S/C15H12N4OS.C2H6/c1-9-13(7-8-20-9)21-15-14-18-17-10(2)19(14)12-6-4-3-5-11(12)16-15;1-2/h3-8H,1-2H3;1-2H3. The van der Waals surface area contributed by atoms with Crippen LogP contribution >= 0.6 is 11.8 Å². The van der Waals surface area contributed by atoms with E-state index in [1.165, 1.54) is 0 Å². The molecule has 3 heterocycles. The van der Waals surface area contributed by atoms with Gasteiger partial charge in [-0.1, -0.05) is 37.7 Å². The van der Waals surface area contributed by atoms with Crippen molar-refractivity contribution in [3.63, 3.8) is 0 Å². The molecule has 23 heavy (non-hydrogen) atoms. The van der Waals surface area contributed by atoms with Crippen LogP contribution in [0, 0.1) is 13.8 Å². The Hall–Kier alpha value is -2.34. The molecule has 0 bridgehead atoms. The Morgan fingerprint density at radius 2 is 1.83 bits per heavy atom. The number of aryl methyl sites for hydroxylation is 2. The highest BCUT2D eigenvalue weighted by molar-refractivity contribution is 7.99. The lowest BCUT2D eigenvalue weighted by atomic mass is 10.3. The molecule has 4 rings (SSSR count). The van der Waals surface area contributed by atoms with E-state index in [4.69, 9.17) is 9.40 Å². The molecular formula is C17H18N4OS. The van der Waals surface area contributed by atoms with Gasteiger partial charge in [0.05, 0.1) is 22.2 Å². The van der Waals surface area contributed by atoms with Crippen LogP contribution in [0.3, 0.4) is 0 Å². The monoisotopic (exact) mass is 326 g/mol. The Morgan fingerprint density at radius 1 is 1.04 bits per heavy atom. The number of aromatic nitrogens is 4. The van der Waals surface area contributed by atoms with Gasteiger partial charge in [-0.2, -0.15) is 0 Å². The van der Waals surface area contributed by atoms with Crippen LogP contribution in [0.5, 0.6) is 0 Å². The lowest BCUT2D eigenvalue weighted by molar-refractivity contribution is 0.527. The zero-order valence-electron chi connectivity index (χ0n) is 13.6. The van der Waals surface area contributed by atoms with Crippen molar-refractivity contribution in [3.8, 4) is 0 Å². The maximum absolute atomic E-state index is 5.35. The highest BCUT2D eigenvalue weighted by Gasteiger charge is 2.15. The minimum atomic E-state index is 0.775. The van der Waals surface area contributed by atoms with Crippen molar-refractivity contribution in [1.82, 2.24) is 19.6 Å². The normalized spacial score (nSPS) is 10.8. The molecule has 0 fully saturated rings. The molecule has 0 N–H and O–H groups in total. The summed E-state index contributed by atoms with van der Waals surface area (Å²) in [6.07, 6.45) is 1.69. The van der Waals surface area contributed by atoms with E-state index in [1.807, 2.05) is 62.4 Å². The summed E-state index contributed by atoms with van der Waals surface area (Å²) in [5.41, 5.74) is 2.72. The maximum Gasteiger partial charge on any atom is 0.194 e. The molecule has 0 aliphatic heterocycles. The summed E-state index contributed by atoms with van der Waals surface area (Å²) in [6.45, 7) is 7.89. The van der Waals surface area contributed by atoms with Crippen LogP contribution in [-0.4, -0.2) is 19.6 Å². The number of hydrogen-bond donors (Lipinski definition) is 0. The number of nitrogens with zero attached hydrogens (tertiary/aromatic N) is 4. The number of fused-ring (bicyclic) bond motifs is 3. The van der Waals surface area contributed by atoms with Crippen LogP contribution in [0.2, 0.25) is 0 Å². The first-order valence-corrected chi connectivity index (χ1v) is 8.38. The molecule has 0 radical (unpaired) electrons. The summed E-state index contributed by atoms with van der Waals surface area (Å²) >= 11 is 1.55. The molecule has 5 nitrogen and oxygen atoms in total. The fraction of sp³-hybridized carbons (Fsp3) is 0.235. The first-order valence-electron chi connectivity index (χ1n) is 7.56. The second kappa shape index (κ2) is 6.42. The average molecular weight is 326 g/mol. The Morgan fingerprint density at radius 3 is 2.57 bits per heavy atom. The first kappa shape index (κ1) is 15.6. The van der Waals surface area contributed by atoms with Gasteiger partial charge in [0.1, 0.15) is 16.6 Å². The minimum Gasteiger partial charge on any atom is -0.468 e. The molecule has 1 aromatic carbocycles. The summed E-state index contributed by atoms with van der Waals surface area (Å²) in [5.74, 6) is 1.73. The minimum absolute atomic E-state index is 0.775. The van der Waals surface area contributed by atoms with Crippen LogP contribution in [0.15, 0.2) is 50.9 Å². The third kappa shape index (κ3) is 2.70. The molecule has 3 aromatic heterocycles. The maximum atomic E-state index is 5.35. The van der Waals surface area contributed by atoms with Crippen LogP contribution < -0.4 is 0 Å². The van der Waals surface area contributed by atoms with Gasteiger partial charge in [0.2, 0.25) is 0 Å². The van der Waals surface area contributed by atoms with Gasteiger partial charge in [-0.25, -0.2) is 4.98 Å². The first-order chi connectivity index (χ1) is 11.2. The molecule has 0 saturated carbocycles. The van der Waals surface area contributed by atoms with Gasteiger partial charge in [0.25, 0.3) is 0 Å². The predicted octanol–water partition coefficient (Wildman–Crippen LogP) is 4.66. The molecular weight excluding hydrogens is 308 g/mol. The van der Waals surface area contributed by atoms with Gasteiger partial charge >= 0.3 is 0 Å². The molecule has 118 valence electrons. The Balaban J connectivity index is 0.000000753. The average Bonchev–Trinajstić information content (AvgIpc) is 3.16. The summed E-state index contributed by atoms with van der Waals surface area (Å²) < 4.78 is 7.39. The highest BCUT2D eigenvalue weighted by atomic mass is 32.2. The molecule has 4 aromatic rings. The Bertz CT molecular complexity index is 958. The highest BCUT2D eigenvalue weighted by Crippen LogP contribution is 2.33. The second-order valence-electron chi connectivity index (χ2n) is 4.76. The lowest BCUT2D eigenvalue weighted by Crippen LogP contribution is -1.96. The third-order valence-electron chi connectivity index (χ3n) is 3.38. The number of benzene rings is 1. The van der Waals surface area contributed by atoms with Gasteiger partial charge in [0.15, 0.2) is 5.65 Å². The summed E-state index contributed by atoms with van der Waals surface area (Å²) in [5, 5.41) is 9.30. The van der Waals surface area contributed by atoms with Gasteiger partial charge in [0, 0.05) is 0 Å². The van der Waals surface area contributed by atoms with Crippen molar-refractivity contribution < 1.29 is 4.42 Å². The molecule has 0 amide bonds. The van der Waals surface area contributed by atoms with Crippen molar-refractivity contribution in [3.05, 3.63) is 48.2 Å². The van der Waals surface area contributed by atoms with E-state index in [-0.39, 0.29) is 0 Å². The van der Waals surface area contributed by atoms with Crippen molar-refractivity contribution >= 4 is 28.4 Å². The lowest BCUT2D eigenvalue weighted by Gasteiger charge is -2.06. The van der Waals surface area contributed by atoms with Crippen LogP contribution in [0.4, 0.5) is 0 Å². The molecule has 0 spiro atoms. The van der Waals surface area contributed by atoms with Crippen LogP contribution in [0.1, 0.15) is 25.4 Å². The molecule has 6 heteroatoms. The summed E-state index contributed by atoms with van der Waals surface area (Å²) in [7, 11) is 0. The fourth-order valence-corrected chi connectivity index (χ4v) is 3.24. The third-order valence-corrected chi connectivity index (χ3v) is 4.49. The Labute approximate surface area is 138 Å². The Kier molecular flexibility index (Phi) is 4.34. The van der Waals surface area contributed by atoms with Crippen LogP contribution in [0.25, 0.3) is 16.7 Å². The SMILES string of the molecule is CC.Cc1occc1Sc1nc2ccccc2n2c(C)nnc12. The van der Waals surface area contributed by atoms with Gasteiger partial charge in [-0.05, 0) is 32.0 Å².